The summed E-state index contributed by atoms with van der Waals surface area (Å²) in [7, 11) is 3.71. The van der Waals surface area contributed by atoms with Crippen LogP contribution in [0.1, 0.15) is 17.0 Å². The number of imidazole rings is 1. The molecule has 0 bridgehead atoms. The molecule has 3 aromatic rings. The summed E-state index contributed by atoms with van der Waals surface area (Å²) in [6.07, 6.45) is 1.64. The van der Waals surface area contributed by atoms with Crippen molar-refractivity contribution >= 4 is 34.2 Å². The molecule has 0 saturated carbocycles. The zero-order chi connectivity index (χ0) is 18.7. The molecule has 1 aromatic heterocycles. The van der Waals surface area contributed by atoms with Gasteiger partial charge in [0.2, 0.25) is 5.91 Å². The van der Waals surface area contributed by atoms with Crippen LogP contribution in [-0.4, -0.2) is 28.4 Å². The molecule has 2 aromatic carbocycles. The third-order valence-electron chi connectivity index (χ3n) is 4.55. The van der Waals surface area contributed by atoms with Crippen molar-refractivity contribution in [1.29, 1.82) is 5.26 Å². The SMILES string of the molecule is CN(C(=O)CCl)c1ccc2c(c1)nc(CCc1ccc(C#N)cc1)n2C. The molecule has 0 fully saturated rings. The van der Waals surface area contributed by atoms with Crippen molar-refractivity contribution in [3.05, 3.63) is 59.4 Å². The molecule has 0 aliphatic rings. The molecule has 0 atom stereocenters. The fourth-order valence-electron chi connectivity index (χ4n) is 2.91. The largest absolute Gasteiger partial charge is 0.331 e. The van der Waals surface area contributed by atoms with Crippen LogP contribution >= 0.6 is 11.6 Å². The lowest BCUT2D eigenvalue weighted by Crippen LogP contribution is -2.27. The van der Waals surface area contributed by atoms with Crippen molar-refractivity contribution in [2.24, 2.45) is 7.05 Å². The van der Waals surface area contributed by atoms with Crippen molar-refractivity contribution in [2.75, 3.05) is 17.8 Å². The average molecular weight is 367 g/mol. The molecule has 132 valence electrons. The molecule has 0 unspecified atom stereocenters. The van der Waals surface area contributed by atoms with Gasteiger partial charge in [-0.05, 0) is 42.3 Å². The standard InChI is InChI=1S/C20H19ClN4O/c1-24(20(26)12-21)16-8-9-18-17(11-16)23-19(25(18)2)10-7-14-3-5-15(13-22)6-4-14/h3-6,8-9,11H,7,10,12H2,1-2H3. The molecular weight excluding hydrogens is 348 g/mol. The van der Waals surface area contributed by atoms with E-state index in [9.17, 15) is 4.79 Å². The summed E-state index contributed by atoms with van der Waals surface area (Å²) in [6, 6.07) is 15.5. The molecule has 1 amide bonds. The number of nitriles is 1. The number of aryl methyl sites for hydroxylation is 3. The van der Waals surface area contributed by atoms with Gasteiger partial charge in [0.15, 0.2) is 0 Å². The van der Waals surface area contributed by atoms with Crippen LogP contribution in [0.5, 0.6) is 0 Å². The van der Waals surface area contributed by atoms with Gasteiger partial charge in [-0.15, -0.1) is 11.6 Å². The number of amides is 1. The van der Waals surface area contributed by atoms with E-state index in [0.29, 0.717) is 5.56 Å². The normalized spacial score (nSPS) is 10.7. The number of hydrogen-bond donors (Lipinski definition) is 0. The lowest BCUT2D eigenvalue weighted by Gasteiger charge is -2.15. The van der Waals surface area contributed by atoms with Crippen LogP contribution in [0.3, 0.4) is 0 Å². The number of alkyl halides is 1. The maximum Gasteiger partial charge on any atom is 0.241 e. The number of rotatable bonds is 5. The van der Waals surface area contributed by atoms with Gasteiger partial charge >= 0.3 is 0 Å². The van der Waals surface area contributed by atoms with E-state index < -0.39 is 0 Å². The zero-order valence-electron chi connectivity index (χ0n) is 14.7. The number of halogens is 1. The number of fused-ring (bicyclic) bond motifs is 1. The van der Waals surface area contributed by atoms with Crippen LogP contribution in [0, 0.1) is 11.3 Å². The van der Waals surface area contributed by atoms with E-state index in [0.717, 1.165) is 35.4 Å². The summed E-state index contributed by atoms with van der Waals surface area (Å²) < 4.78 is 2.08. The van der Waals surface area contributed by atoms with Crippen LogP contribution < -0.4 is 4.90 Å². The smallest absolute Gasteiger partial charge is 0.241 e. The first-order valence-corrected chi connectivity index (χ1v) is 8.84. The van der Waals surface area contributed by atoms with Crippen molar-refractivity contribution in [2.45, 2.75) is 12.8 Å². The predicted octanol–water partition coefficient (Wildman–Crippen LogP) is 3.43. The number of aromatic nitrogens is 2. The first-order valence-electron chi connectivity index (χ1n) is 8.30. The van der Waals surface area contributed by atoms with Crippen molar-refractivity contribution in [3.63, 3.8) is 0 Å². The third-order valence-corrected chi connectivity index (χ3v) is 4.78. The molecule has 0 aliphatic heterocycles. The molecular formula is C20H19ClN4O. The second-order valence-electron chi connectivity index (χ2n) is 6.16. The Morgan fingerprint density at radius 2 is 1.96 bits per heavy atom. The Morgan fingerprint density at radius 1 is 1.23 bits per heavy atom. The summed E-state index contributed by atoms with van der Waals surface area (Å²) in [5.74, 6) is 0.780. The number of benzene rings is 2. The highest BCUT2D eigenvalue weighted by Crippen LogP contribution is 2.23. The van der Waals surface area contributed by atoms with E-state index in [1.807, 2.05) is 49.5 Å². The van der Waals surface area contributed by atoms with Gasteiger partial charge in [-0.1, -0.05) is 12.1 Å². The summed E-state index contributed by atoms with van der Waals surface area (Å²) in [5.41, 5.74) is 4.49. The van der Waals surface area contributed by atoms with Gasteiger partial charge in [-0.2, -0.15) is 5.26 Å². The van der Waals surface area contributed by atoms with Crippen LogP contribution in [-0.2, 0) is 24.7 Å². The molecule has 26 heavy (non-hydrogen) atoms. The number of carbonyl (C=O) groups excluding carboxylic acids is 1. The summed E-state index contributed by atoms with van der Waals surface area (Å²) >= 11 is 5.63. The Morgan fingerprint density at radius 3 is 2.62 bits per heavy atom. The fourth-order valence-corrected chi connectivity index (χ4v) is 3.09. The van der Waals surface area contributed by atoms with E-state index in [1.165, 1.54) is 10.5 Å². The minimum absolute atomic E-state index is 0.0490. The number of anilines is 1. The minimum Gasteiger partial charge on any atom is -0.331 e. The Kier molecular flexibility index (Phi) is 5.24. The topological polar surface area (TPSA) is 61.9 Å². The lowest BCUT2D eigenvalue weighted by molar-refractivity contribution is -0.116. The zero-order valence-corrected chi connectivity index (χ0v) is 15.5. The van der Waals surface area contributed by atoms with Crippen LogP contribution in [0.15, 0.2) is 42.5 Å². The van der Waals surface area contributed by atoms with Gasteiger partial charge in [0, 0.05) is 26.2 Å². The Balaban J connectivity index is 1.81. The van der Waals surface area contributed by atoms with Crippen molar-refractivity contribution in [1.82, 2.24) is 9.55 Å². The number of nitrogens with zero attached hydrogens (tertiary/aromatic N) is 4. The molecule has 6 heteroatoms. The third kappa shape index (κ3) is 3.56. The Labute approximate surface area is 157 Å². The summed E-state index contributed by atoms with van der Waals surface area (Å²) in [4.78, 5) is 18.0. The van der Waals surface area contributed by atoms with Gasteiger partial charge in [0.05, 0.1) is 22.7 Å². The Bertz CT molecular complexity index is 985. The van der Waals surface area contributed by atoms with E-state index >= 15 is 0 Å². The van der Waals surface area contributed by atoms with E-state index in [1.54, 1.807) is 7.05 Å². The summed E-state index contributed by atoms with van der Waals surface area (Å²) in [6.45, 7) is 0. The highest BCUT2D eigenvalue weighted by Gasteiger charge is 2.13. The van der Waals surface area contributed by atoms with Crippen molar-refractivity contribution in [3.8, 4) is 6.07 Å². The van der Waals surface area contributed by atoms with Gasteiger partial charge in [0.1, 0.15) is 11.7 Å². The molecule has 0 saturated heterocycles. The maximum atomic E-state index is 11.8. The number of carbonyl (C=O) groups is 1. The van der Waals surface area contributed by atoms with Gasteiger partial charge in [0.25, 0.3) is 0 Å². The first-order chi connectivity index (χ1) is 12.5. The van der Waals surface area contributed by atoms with Crippen LogP contribution in [0.25, 0.3) is 11.0 Å². The van der Waals surface area contributed by atoms with Crippen LogP contribution in [0.2, 0.25) is 0 Å². The highest BCUT2D eigenvalue weighted by molar-refractivity contribution is 6.29. The monoisotopic (exact) mass is 366 g/mol. The van der Waals surface area contributed by atoms with E-state index in [2.05, 4.69) is 10.6 Å². The van der Waals surface area contributed by atoms with Crippen LogP contribution in [0.4, 0.5) is 5.69 Å². The fraction of sp³-hybridized carbons (Fsp3) is 0.250. The molecule has 3 rings (SSSR count). The molecule has 0 spiro atoms. The van der Waals surface area contributed by atoms with Gasteiger partial charge in [-0.25, -0.2) is 4.98 Å². The molecule has 1 heterocycles. The quantitative estimate of drug-likeness (QED) is 0.650. The second-order valence-corrected chi connectivity index (χ2v) is 6.42. The molecule has 5 nitrogen and oxygen atoms in total. The summed E-state index contributed by atoms with van der Waals surface area (Å²) in [5, 5.41) is 8.87. The predicted molar refractivity (Wildman–Crippen MR) is 103 cm³/mol. The lowest BCUT2D eigenvalue weighted by atomic mass is 10.1. The minimum atomic E-state index is -0.150. The molecule has 0 radical (unpaired) electrons. The van der Waals surface area contributed by atoms with E-state index in [-0.39, 0.29) is 11.8 Å². The van der Waals surface area contributed by atoms with Gasteiger partial charge < -0.3 is 9.47 Å². The molecule has 0 N–H and O–H groups in total. The van der Waals surface area contributed by atoms with Gasteiger partial charge in [-0.3, -0.25) is 4.79 Å². The highest BCUT2D eigenvalue weighted by atomic mass is 35.5. The average Bonchev–Trinajstić information content (AvgIpc) is 3.00. The van der Waals surface area contributed by atoms with Crippen molar-refractivity contribution < 1.29 is 4.79 Å². The first kappa shape index (κ1) is 18.0. The second kappa shape index (κ2) is 7.59. The number of hydrogen-bond acceptors (Lipinski definition) is 3. The molecule has 0 aliphatic carbocycles. The maximum absolute atomic E-state index is 11.8. The Hall–Kier alpha value is -2.84. The van der Waals surface area contributed by atoms with E-state index in [4.69, 9.17) is 21.8 Å².